The van der Waals surface area contributed by atoms with Crippen LogP contribution in [0.3, 0.4) is 0 Å². The Balaban J connectivity index is 2.00. The highest BCUT2D eigenvalue weighted by Crippen LogP contribution is 2.29. The molecule has 3 N–H and O–H groups in total. The van der Waals surface area contributed by atoms with Gasteiger partial charge in [-0.05, 0) is 48.6 Å². The predicted octanol–water partition coefficient (Wildman–Crippen LogP) is 3.70. The van der Waals surface area contributed by atoms with Crippen molar-refractivity contribution in [1.29, 1.82) is 0 Å². The maximum absolute atomic E-state index is 12.1. The van der Waals surface area contributed by atoms with E-state index in [-0.39, 0.29) is 10.9 Å². The number of carbonyl (C=O) groups is 1. The fourth-order valence-corrected chi connectivity index (χ4v) is 2.35. The summed E-state index contributed by atoms with van der Waals surface area (Å²) in [7, 11) is 1.57. The van der Waals surface area contributed by atoms with Crippen LogP contribution in [0.25, 0.3) is 0 Å². The standard InChI is InChI=1S/C15H14Cl3N3O3S/c1-23-10-6-4-9(5-7-10)19-14(25)21-13(15(16,17)18)20-12(22)11-3-2-8-24-11/h2-8,13H,1H3,(H,20,22)(H2,19,21,25)/t13-/m1/s1. The van der Waals surface area contributed by atoms with Crippen molar-refractivity contribution >= 4 is 63.7 Å². The van der Waals surface area contributed by atoms with Crippen LogP contribution < -0.4 is 20.7 Å². The first-order chi connectivity index (χ1) is 11.8. The van der Waals surface area contributed by atoms with E-state index in [0.29, 0.717) is 11.4 Å². The Morgan fingerprint density at radius 2 is 1.88 bits per heavy atom. The van der Waals surface area contributed by atoms with Gasteiger partial charge < -0.3 is 25.1 Å². The van der Waals surface area contributed by atoms with Gasteiger partial charge in [0.25, 0.3) is 5.91 Å². The van der Waals surface area contributed by atoms with Crippen molar-refractivity contribution in [2.45, 2.75) is 9.96 Å². The number of alkyl halides is 3. The Labute approximate surface area is 164 Å². The molecule has 0 saturated heterocycles. The van der Waals surface area contributed by atoms with Crippen molar-refractivity contribution in [1.82, 2.24) is 10.6 Å². The summed E-state index contributed by atoms with van der Waals surface area (Å²) >= 11 is 22.9. The van der Waals surface area contributed by atoms with Crippen LogP contribution in [0, 0.1) is 0 Å². The molecule has 0 aliphatic heterocycles. The number of benzene rings is 1. The topological polar surface area (TPSA) is 75.5 Å². The molecule has 0 unspecified atom stereocenters. The third-order valence-electron chi connectivity index (χ3n) is 2.97. The van der Waals surface area contributed by atoms with Crippen LogP contribution in [0.2, 0.25) is 0 Å². The zero-order chi connectivity index (χ0) is 18.4. The molecule has 0 spiro atoms. The molecule has 25 heavy (non-hydrogen) atoms. The lowest BCUT2D eigenvalue weighted by Gasteiger charge is -2.27. The van der Waals surface area contributed by atoms with E-state index < -0.39 is 15.9 Å². The fourth-order valence-electron chi connectivity index (χ4n) is 1.78. The Hall–Kier alpha value is -1.67. The molecule has 1 atom stereocenters. The lowest BCUT2D eigenvalue weighted by atomic mass is 10.3. The van der Waals surface area contributed by atoms with Crippen LogP contribution in [0.1, 0.15) is 10.6 Å². The highest BCUT2D eigenvalue weighted by Gasteiger charge is 2.35. The fraction of sp³-hybridized carbons (Fsp3) is 0.200. The van der Waals surface area contributed by atoms with Gasteiger partial charge in [0.1, 0.15) is 11.9 Å². The monoisotopic (exact) mass is 421 g/mol. The normalized spacial score (nSPS) is 12.2. The summed E-state index contributed by atoms with van der Waals surface area (Å²) in [6, 6.07) is 10.1. The first kappa shape index (κ1) is 19.7. The molecular weight excluding hydrogens is 409 g/mol. The number of furan rings is 1. The summed E-state index contributed by atoms with van der Waals surface area (Å²) in [6.45, 7) is 0. The average Bonchev–Trinajstić information content (AvgIpc) is 3.08. The van der Waals surface area contributed by atoms with E-state index in [1.54, 1.807) is 37.4 Å². The van der Waals surface area contributed by atoms with Crippen LogP contribution in [0.5, 0.6) is 5.75 Å². The number of methoxy groups -OCH3 is 1. The van der Waals surface area contributed by atoms with Gasteiger partial charge in [0.05, 0.1) is 13.4 Å². The van der Waals surface area contributed by atoms with Gasteiger partial charge in [-0.3, -0.25) is 4.79 Å². The maximum atomic E-state index is 12.1. The molecule has 6 nitrogen and oxygen atoms in total. The van der Waals surface area contributed by atoms with Gasteiger partial charge >= 0.3 is 0 Å². The Kier molecular flexibility index (Phi) is 6.78. The quantitative estimate of drug-likeness (QED) is 0.387. The van der Waals surface area contributed by atoms with E-state index >= 15 is 0 Å². The molecule has 1 aromatic carbocycles. The third-order valence-corrected chi connectivity index (χ3v) is 3.85. The third kappa shape index (κ3) is 5.97. The zero-order valence-corrected chi connectivity index (χ0v) is 16.0. The molecule has 0 saturated carbocycles. The summed E-state index contributed by atoms with van der Waals surface area (Å²) < 4.78 is 8.23. The van der Waals surface area contributed by atoms with Gasteiger partial charge in [-0.25, -0.2) is 0 Å². The molecule has 0 aliphatic carbocycles. The van der Waals surface area contributed by atoms with Gasteiger partial charge in [0.15, 0.2) is 10.9 Å². The van der Waals surface area contributed by atoms with E-state index in [1.165, 1.54) is 12.3 Å². The summed E-state index contributed by atoms with van der Waals surface area (Å²) in [6.07, 6.45) is 0.274. The van der Waals surface area contributed by atoms with Crippen molar-refractivity contribution in [2.24, 2.45) is 0 Å². The maximum Gasteiger partial charge on any atom is 0.288 e. The SMILES string of the molecule is COc1ccc(NC(=S)N[C@@H](NC(=O)c2ccco2)C(Cl)(Cl)Cl)cc1. The molecule has 0 bridgehead atoms. The van der Waals surface area contributed by atoms with E-state index in [0.717, 1.165) is 0 Å². The number of hydrogen-bond acceptors (Lipinski definition) is 4. The number of ether oxygens (including phenoxy) is 1. The molecule has 1 heterocycles. The summed E-state index contributed by atoms with van der Waals surface area (Å²) in [4.78, 5) is 12.1. The number of carbonyl (C=O) groups excluding carboxylic acids is 1. The Bertz CT molecular complexity index is 718. The van der Waals surface area contributed by atoms with Gasteiger partial charge in [0, 0.05) is 5.69 Å². The molecule has 2 rings (SSSR count). The van der Waals surface area contributed by atoms with E-state index in [4.69, 9.17) is 56.2 Å². The van der Waals surface area contributed by atoms with E-state index in [9.17, 15) is 4.79 Å². The highest BCUT2D eigenvalue weighted by molar-refractivity contribution is 7.80. The minimum absolute atomic E-state index is 0.0788. The lowest BCUT2D eigenvalue weighted by molar-refractivity contribution is 0.0906. The number of anilines is 1. The zero-order valence-electron chi connectivity index (χ0n) is 12.9. The van der Waals surface area contributed by atoms with E-state index in [2.05, 4.69) is 16.0 Å². The highest BCUT2D eigenvalue weighted by atomic mass is 35.6. The summed E-state index contributed by atoms with van der Waals surface area (Å²) in [5.41, 5.74) is 0.693. The molecule has 2 aromatic rings. The van der Waals surface area contributed by atoms with Gasteiger partial charge in [-0.15, -0.1) is 0 Å². The van der Waals surface area contributed by atoms with Crippen molar-refractivity contribution in [3.8, 4) is 5.75 Å². The van der Waals surface area contributed by atoms with Crippen LogP contribution in [-0.4, -0.2) is 28.1 Å². The van der Waals surface area contributed by atoms with Crippen LogP contribution in [0.15, 0.2) is 47.1 Å². The predicted molar refractivity (Wildman–Crippen MR) is 103 cm³/mol. The minimum atomic E-state index is -1.85. The molecule has 0 radical (unpaired) electrons. The van der Waals surface area contributed by atoms with Crippen molar-refractivity contribution < 1.29 is 13.9 Å². The first-order valence-electron chi connectivity index (χ1n) is 6.92. The molecule has 0 aliphatic rings. The second kappa shape index (κ2) is 8.62. The van der Waals surface area contributed by atoms with Gasteiger partial charge in [-0.2, -0.15) is 0 Å². The summed E-state index contributed by atoms with van der Waals surface area (Å²) in [5.74, 6) is 0.227. The van der Waals surface area contributed by atoms with Crippen molar-refractivity contribution in [3.63, 3.8) is 0 Å². The molecule has 0 fully saturated rings. The first-order valence-corrected chi connectivity index (χ1v) is 8.46. The number of rotatable bonds is 5. The van der Waals surface area contributed by atoms with Crippen LogP contribution >= 0.6 is 47.0 Å². The molecule has 134 valence electrons. The number of amides is 1. The number of halogens is 3. The second-order valence-corrected chi connectivity index (χ2v) is 7.53. The average molecular weight is 423 g/mol. The minimum Gasteiger partial charge on any atom is -0.497 e. The second-order valence-electron chi connectivity index (χ2n) is 4.75. The largest absolute Gasteiger partial charge is 0.497 e. The lowest BCUT2D eigenvalue weighted by Crippen LogP contribution is -2.56. The van der Waals surface area contributed by atoms with E-state index in [1.807, 2.05) is 0 Å². The number of thiocarbonyl (C=S) groups is 1. The van der Waals surface area contributed by atoms with Gasteiger partial charge in [0.2, 0.25) is 3.79 Å². The number of nitrogens with one attached hydrogen (secondary N) is 3. The smallest absolute Gasteiger partial charge is 0.288 e. The molecular formula is C15H14Cl3N3O3S. The van der Waals surface area contributed by atoms with Gasteiger partial charge in [-0.1, -0.05) is 34.8 Å². The Morgan fingerprint density at radius 3 is 2.40 bits per heavy atom. The van der Waals surface area contributed by atoms with Crippen molar-refractivity contribution in [2.75, 3.05) is 12.4 Å². The molecule has 1 aromatic heterocycles. The summed E-state index contributed by atoms with van der Waals surface area (Å²) in [5, 5.41) is 8.33. The molecule has 1 amide bonds. The van der Waals surface area contributed by atoms with Crippen molar-refractivity contribution in [3.05, 3.63) is 48.4 Å². The Morgan fingerprint density at radius 1 is 1.20 bits per heavy atom. The number of hydrogen-bond donors (Lipinski definition) is 3. The molecule has 10 heteroatoms. The van der Waals surface area contributed by atoms with Crippen LogP contribution in [-0.2, 0) is 0 Å². The van der Waals surface area contributed by atoms with Crippen LogP contribution in [0.4, 0.5) is 5.69 Å².